The lowest BCUT2D eigenvalue weighted by molar-refractivity contribution is -0.141. The normalized spacial score (nSPS) is 7.38. The first kappa shape index (κ1) is 18.0. The lowest BCUT2D eigenvalue weighted by atomic mass is 10.4. The minimum Gasteiger partial charge on any atom is -0.463 e. The lowest BCUT2D eigenvalue weighted by Crippen LogP contribution is -2.03. The van der Waals surface area contributed by atoms with Crippen LogP contribution in [-0.2, 0) is 14.3 Å². The highest BCUT2D eigenvalue weighted by Gasteiger charge is 1.86. The predicted molar refractivity (Wildman–Crippen MR) is 48.3 cm³/mol. The fourth-order valence-electron chi connectivity index (χ4n) is 0.189. The Labute approximate surface area is 78.0 Å². The first-order valence-corrected chi connectivity index (χ1v) is 3.78. The van der Waals surface area contributed by atoms with Gasteiger partial charge in [-0.1, -0.05) is 6.92 Å². The van der Waals surface area contributed by atoms with Crippen molar-refractivity contribution >= 4 is 11.8 Å². The van der Waals surface area contributed by atoms with Gasteiger partial charge in [0.05, 0.1) is 6.61 Å². The molecule has 0 saturated heterocycles. The topological polar surface area (TPSA) is 95.1 Å². The Bertz CT molecular complexity index is 132. The average molecular weight is 194 g/mol. The molecule has 0 aromatic heterocycles. The van der Waals surface area contributed by atoms with Crippen LogP contribution in [0.25, 0.3) is 0 Å². The van der Waals surface area contributed by atoms with E-state index in [1.165, 1.54) is 6.92 Å². The number of hydrogen-bond acceptors (Lipinski definition) is 4. The molecule has 0 radical (unpaired) electrons. The second-order valence-corrected chi connectivity index (χ2v) is 2.12. The Hall–Kier alpha value is -0.940. The van der Waals surface area contributed by atoms with Gasteiger partial charge in [0.25, 0.3) is 0 Å². The maximum absolute atomic E-state index is 9.87. The molecule has 5 heteroatoms. The van der Waals surface area contributed by atoms with Crippen LogP contribution in [0.1, 0.15) is 27.2 Å². The molecule has 0 atom stereocenters. The summed E-state index contributed by atoms with van der Waals surface area (Å²) in [7, 11) is 0. The van der Waals surface area contributed by atoms with Crippen molar-refractivity contribution in [2.75, 3.05) is 13.2 Å². The van der Waals surface area contributed by atoms with Gasteiger partial charge in [-0.15, -0.1) is 0 Å². The monoisotopic (exact) mass is 194 g/mol. The summed E-state index contributed by atoms with van der Waals surface area (Å²) in [5.41, 5.74) is 0. The van der Waals surface area contributed by atoms with Gasteiger partial charge in [-0.2, -0.15) is 0 Å². The molecule has 0 aliphatic carbocycles. The van der Waals surface area contributed by atoms with Crippen molar-refractivity contribution < 1.29 is 24.9 Å². The van der Waals surface area contributed by atoms with E-state index in [4.69, 9.17) is 5.11 Å². The zero-order valence-corrected chi connectivity index (χ0v) is 8.29. The molecule has 0 rings (SSSR count). The molecule has 3 N–H and O–H groups in total. The van der Waals surface area contributed by atoms with E-state index in [1.807, 2.05) is 6.92 Å². The number of esters is 1. The molecule has 0 aliphatic rings. The highest BCUT2D eigenvalue weighted by Crippen LogP contribution is 1.71. The van der Waals surface area contributed by atoms with E-state index in [0.29, 0.717) is 6.42 Å². The van der Waals surface area contributed by atoms with Gasteiger partial charge in [-0.3, -0.25) is 4.79 Å². The van der Waals surface area contributed by atoms with Crippen LogP contribution in [0.3, 0.4) is 0 Å². The molecule has 80 valence electrons. The first-order chi connectivity index (χ1) is 5.54. The van der Waals surface area contributed by atoms with Gasteiger partial charge in [0.2, 0.25) is 0 Å². The fourth-order valence-corrected chi connectivity index (χ4v) is 0.189. The molecular weight excluding hydrogens is 176 g/mol. The van der Waals surface area contributed by atoms with Gasteiger partial charge < -0.3 is 20.1 Å². The van der Waals surface area contributed by atoms with Gasteiger partial charge in [0.15, 0.2) is 0 Å². The Morgan fingerprint density at radius 2 is 1.69 bits per heavy atom. The third-order valence-corrected chi connectivity index (χ3v) is 0.895. The summed E-state index contributed by atoms with van der Waals surface area (Å²) in [5.74, 6) is -0.0981. The third kappa shape index (κ3) is 35.5. The second kappa shape index (κ2) is 13.6. The quantitative estimate of drug-likeness (QED) is 0.624. The smallest absolute Gasteiger partial charge is 0.302 e. The summed E-state index contributed by atoms with van der Waals surface area (Å²) in [6, 6.07) is 0. The van der Waals surface area contributed by atoms with Crippen LogP contribution in [0.5, 0.6) is 0 Å². The van der Waals surface area contributed by atoms with Crippen molar-refractivity contribution in [1.82, 2.24) is 0 Å². The highest BCUT2D eigenvalue weighted by atomic mass is 16.5. The maximum atomic E-state index is 9.87. The number of carbonyl (C=O) groups excluding carboxylic acids is 2. The fraction of sp³-hybridized carbons (Fsp3) is 0.750. The van der Waals surface area contributed by atoms with Crippen molar-refractivity contribution in [2.45, 2.75) is 27.2 Å². The molecule has 13 heavy (non-hydrogen) atoms. The number of hydrogen-bond donors (Lipinski definition) is 1. The van der Waals surface area contributed by atoms with Gasteiger partial charge in [-0.05, 0) is 6.92 Å². The van der Waals surface area contributed by atoms with Gasteiger partial charge >= 0.3 is 5.97 Å². The van der Waals surface area contributed by atoms with Gasteiger partial charge in [-0.25, -0.2) is 0 Å². The van der Waals surface area contributed by atoms with Crippen molar-refractivity contribution in [3.8, 4) is 0 Å². The average Bonchev–Trinajstić information content (AvgIpc) is 2.02. The van der Waals surface area contributed by atoms with Crippen LogP contribution in [-0.4, -0.2) is 35.5 Å². The molecule has 0 aromatic carbocycles. The van der Waals surface area contributed by atoms with Crippen molar-refractivity contribution in [2.24, 2.45) is 0 Å². The lowest BCUT2D eigenvalue weighted by Gasteiger charge is -1.93. The number of aliphatic hydroxyl groups excluding tert-OH is 1. The van der Waals surface area contributed by atoms with Gasteiger partial charge in [0.1, 0.15) is 12.4 Å². The Morgan fingerprint density at radius 1 is 1.31 bits per heavy atom. The third-order valence-electron chi connectivity index (χ3n) is 0.895. The summed E-state index contributed by atoms with van der Waals surface area (Å²) in [5, 5.41) is 8.04. The summed E-state index contributed by atoms with van der Waals surface area (Å²) in [6.45, 7) is 4.74. The molecule has 0 fully saturated rings. The predicted octanol–water partition coefficient (Wildman–Crippen LogP) is -0.297. The zero-order valence-electron chi connectivity index (χ0n) is 8.29. The largest absolute Gasteiger partial charge is 0.463 e. The van der Waals surface area contributed by atoms with Crippen molar-refractivity contribution in [3.63, 3.8) is 0 Å². The Morgan fingerprint density at radius 3 is 1.77 bits per heavy atom. The molecular formula is C8H18O5. The molecule has 0 aliphatic heterocycles. The van der Waals surface area contributed by atoms with Crippen LogP contribution in [0.15, 0.2) is 0 Å². The van der Waals surface area contributed by atoms with E-state index in [-0.39, 0.29) is 30.4 Å². The van der Waals surface area contributed by atoms with E-state index in [0.717, 1.165) is 0 Å². The van der Waals surface area contributed by atoms with Crippen molar-refractivity contribution in [1.29, 1.82) is 0 Å². The van der Waals surface area contributed by atoms with Crippen LogP contribution in [0.2, 0.25) is 0 Å². The van der Waals surface area contributed by atoms with E-state index >= 15 is 0 Å². The maximum Gasteiger partial charge on any atom is 0.302 e. The zero-order chi connectivity index (χ0) is 9.98. The number of rotatable bonds is 3. The number of carbonyl (C=O) groups is 2. The summed E-state index contributed by atoms with van der Waals surface area (Å²) < 4.78 is 4.30. The Kier molecular flexibility index (Phi) is 18.9. The van der Waals surface area contributed by atoms with Crippen LogP contribution in [0, 0.1) is 0 Å². The van der Waals surface area contributed by atoms with Crippen LogP contribution < -0.4 is 0 Å². The summed E-state index contributed by atoms with van der Waals surface area (Å²) in [6.07, 6.45) is 0.667. The standard InChI is InChI=1S/C4H8O3.C4H8O.H2O/c1-4(6)7-3-2-5;1-3-4(2)5;/h5H,2-3H2,1H3;3H2,1-2H3;1H2. The minimum absolute atomic E-state index is 0. The minimum atomic E-state index is -0.353. The highest BCUT2D eigenvalue weighted by molar-refractivity contribution is 5.74. The molecule has 0 amide bonds. The second-order valence-electron chi connectivity index (χ2n) is 2.12. The first-order valence-electron chi connectivity index (χ1n) is 3.78. The number of ether oxygens (including phenoxy) is 1. The summed E-state index contributed by atoms with van der Waals surface area (Å²) >= 11 is 0. The molecule has 0 heterocycles. The number of Topliss-reactive ketones (excluding diaryl/α,β-unsaturated/α-hetero) is 1. The molecule has 0 unspecified atom stereocenters. The van der Waals surface area contributed by atoms with Crippen molar-refractivity contribution in [3.05, 3.63) is 0 Å². The molecule has 0 aromatic rings. The van der Waals surface area contributed by atoms with E-state index in [9.17, 15) is 9.59 Å². The van der Waals surface area contributed by atoms with E-state index in [2.05, 4.69) is 4.74 Å². The van der Waals surface area contributed by atoms with E-state index in [1.54, 1.807) is 6.92 Å². The number of aliphatic hydroxyl groups is 1. The van der Waals surface area contributed by atoms with Gasteiger partial charge in [0, 0.05) is 13.3 Å². The molecule has 0 saturated carbocycles. The van der Waals surface area contributed by atoms with Crippen LogP contribution >= 0.6 is 0 Å². The summed E-state index contributed by atoms with van der Waals surface area (Å²) in [4.78, 5) is 19.7. The SMILES string of the molecule is CC(=O)OCCO.CCC(C)=O.O. The Balaban J connectivity index is -0.000000150. The molecule has 0 bridgehead atoms. The van der Waals surface area contributed by atoms with Crippen LogP contribution in [0.4, 0.5) is 0 Å². The van der Waals surface area contributed by atoms with E-state index < -0.39 is 0 Å². The molecule has 0 spiro atoms. The number of ketones is 1. The molecule has 5 nitrogen and oxygen atoms in total.